The Balaban J connectivity index is 1.16. The van der Waals surface area contributed by atoms with Gasteiger partial charge in [0.05, 0.1) is 35.5 Å². The molecule has 1 saturated carbocycles. The van der Waals surface area contributed by atoms with E-state index < -0.39 is 5.60 Å². The molecule has 2 aromatic carbocycles. The molecular weight excluding hydrogens is 452 g/mol. The summed E-state index contributed by atoms with van der Waals surface area (Å²) in [7, 11) is 0. The van der Waals surface area contributed by atoms with Gasteiger partial charge in [0, 0.05) is 31.0 Å². The number of nitrogens with zero attached hydrogens (tertiary/aromatic N) is 6. The lowest BCUT2D eigenvalue weighted by atomic mass is 9.78. The molecule has 1 aliphatic carbocycles. The number of carbonyl (C=O) groups excluding carboxylic acids is 1. The Morgan fingerprint density at radius 3 is 2.89 bits per heavy atom. The van der Waals surface area contributed by atoms with E-state index in [0.717, 1.165) is 60.0 Å². The van der Waals surface area contributed by atoms with Crippen LogP contribution in [0.4, 0.5) is 4.79 Å². The third kappa shape index (κ3) is 4.29. The number of amides is 1. The van der Waals surface area contributed by atoms with E-state index in [9.17, 15) is 10.1 Å². The van der Waals surface area contributed by atoms with Gasteiger partial charge in [-0.1, -0.05) is 18.2 Å². The molecule has 8 nitrogen and oxygen atoms in total. The lowest BCUT2D eigenvalue weighted by molar-refractivity contribution is 0.00415. The molecule has 2 fully saturated rings. The standard InChI is InChI=1S/C28H26N6O2/c29-12-20-6-7-25-26(10-20)34(19-32-25)16-22-4-2-8-28(11-22)17-33(27(35)36-28)15-21-3-1-5-23(9-21)24-13-30-18-31-14-24/h1,3,5-7,9-10,13-14,18-19,22H,2,4,8,11,15-17H2/t22-,28-/m0/s1. The maximum absolute atomic E-state index is 12.9. The first-order valence-corrected chi connectivity index (χ1v) is 12.3. The van der Waals surface area contributed by atoms with E-state index in [1.807, 2.05) is 41.6 Å². The fourth-order valence-corrected chi connectivity index (χ4v) is 5.72. The Kier molecular flexibility index (Phi) is 5.61. The van der Waals surface area contributed by atoms with Crippen LogP contribution < -0.4 is 0 Å². The van der Waals surface area contributed by atoms with Crippen molar-refractivity contribution in [1.82, 2.24) is 24.4 Å². The number of imidazole rings is 1. The summed E-state index contributed by atoms with van der Waals surface area (Å²) in [6.45, 7) is 1.91. The predicted molar refractivity (Wildman–Crippen MR) is 133 cm³/mol. The molecule has 1 amide bonds. The molecule has 1 saturated heterocycles. The second-order valence-electron chi connectivity index (χ2n) is 9.91. The molecule has 6 rings (SSSR count). The van der Waals surface area contributed by atoms with Gasteiger partial charge in [0.15, 0.2) is 0 Å². The summed E-state index contributed by atoms with van der Waals surface area (Å²) in [5.41, 5.74) is 5.08. The number of hydrogen-bond donors (Lipinski definition) is 0. The van der Waals surface area contributed by atoms with Gasteiger partial charge in [0.1, 0.15) is 11.9 Å². The van der Waals surface area contributed by atoms with E-state index in [1.165, 1.54) is 6.33 Å². The first kappa shape index (κ1) is 22.2. The van der Waals surface area contributed by atoms with Gasteiger partial charge in [-0.2, -0.15) is 5.26 Å². The lowest BCUT2D eigenvalue weighted by Crippen LogP contribution is -2.40. The van der Waals surface area contributed by atoms with Crippen molar-refractivity contribution in [1.29, 1.82) is 5.26 Å². The summed E-state index contributed by atoms with van der Waals surface area (Å²) in [6.07, 6.45) is 10.5. The molecule has 0 unspecified atom stereocenters. The van der Waals surface area contributed by atoms with Gasteiger partial charge in [-0.15, -0.1) is 0 Å². The third-order valence-corrected chi connectivity index (χ3v) is 7.35. The summed E-state index contributed by atoms with van der Waals surface area (Å²) >= 11 is 0. The van der Waals surface area contributed by atoms with Gasteiger partial charge < -0.3 is 9.30 Å². The van der Waals surface area contributed by atoms with Crippen LogP contribution in [0.25, 0.3) is 22.2 Å². The van der Waals surface area contributed by atoms with Crippen molar-refractivity contribution in [2.24, 2.45) is 5.92 Å². The highest BCUT2D eigenvalue weighted by atomic mass is 16.6. The van der Waals surface area contributed by atoms with Crippen LogP contribution >= 0.6 is 0 Å². The van der Waals surface area contributed by atoms with Crippen molar-refractivity contribution in [3.8, 4) is 17.2 Å². The molecular formula is C28H26N6O2. The van der Waals surface area contributed by atoms with Crippen molar-refractivity contribution >= 4 is 17.1 Å². The zero-order valence-corrected chi connectivity index (χ0v) is 19.9. The molecule has 0 bridgehead atoms. The summed E-state index contributed by atoms with van der Waals surface area (Å²) in [4.78, 5) is 27.5. The van der Waals surface area contributed by atoms with Crippen LogP contribution in [0.5, 0.6) is 0 Å². The Labute approximate surface area is 209 Å². The lowest BCUT2D eigenvalue weighted by Gasteiger charge is -2.36. The normalized spacial score (nSPS) is 21.6. The second kappa shape index (κ2) is 9.08. The van der Waals surface area contributed by atoms with Crippen molar-refractivity contribution in [3.05, 3.63) is 78.6 Å². The highest BCUT2D eigenvalue weighted by Crippen LogP contribution is 2.41. The minimum absolute atomic E-state index is 0.240. The molecule has 2 aromatic heterocycles. The molecule has 180 valence electrons. The number of benzene rings is 2. The maximum Gasteiger partial charge on any atom is 0.410 e. The SMILES string of the molecule is N#Cc1ccc2ncn(C[C@H]3CCC[C@]4(C3)CN(Cc3cccc(-c5cncnc5)c3)C(=O)O4)c2c1. The molecule has 2 aliphatic rings. The molecule has 2 atom stereocenters. The molecule has 3 heterocycles. The number of carbonyl (C=O) groups is 1. The van der Waals surface area contributed by atoms with Crippen LogP contribution in [0.15, 0.2) is 67.5 Å². The van der Waals surface area contributed by atoms with Gasteiger partial charge in [-0.05, 0) is 67.0 Å². The number of aromatic nitrogens is 4. The number of nitriles is 1. The second-order valence-corrected chi connectivity index (χ2v) is 9.91. The topological polar surface area (TPSA) is 96.9 Å². The first-order chi connectivity index (χ1) is 17.6. The van der Waals surface area contributed by atoms with E-state index in [1.54, 1.807) is 18.5 Å². The Hall–Kier alpha value is -4.25. The average molecular weight is 479 g/mol. The zero-order chi connectivity index (χ0) is 24.5. The summed E-state index contributed by atoms with van der Waals surface area (Å²) in [5, 5.41) is 9.28. The van der Waals surface area contributed by atoms with Gasteiger partial charge in [-0.3, -0.25) is 4.90 Å². The highest BCUT2D eigenvalue weighted by Gasteiger charge is 2.47. The smallest absolute Gasteiger partial charge is 0.410 e. The highest BCUT2D eigenvalue weighted by molar-refractivity contribution is 5.77. The average Bonchev–Trinajstić information content (AvgIpc) is 3.44. The van der Waals surface area contributed by atoms with Crippen molar-refractivity contribution in [3.63, 3.8) is 0 Å². The van der Waals surface area contributed by atoms with Crippen molar-refractivity contribution in [2.75, 3.05) is 6.54 Å². The summed E-state index contributed by atoms with van der Waals surface area (Å²) in [6, 6.07) is 15.9. The Bertz CT molecular complexity index is 1460. The first-order valence-electron chi connectivity index (χ1n) is 12.3. The third-order valence-electron chi connectivity index (χ3n) is 7.35. The maximum atomic E-state index is 12.9. The van der Waals surface area contributed by atoms with Gasteiger partial charge in [-0.25, -0.2) is 19.7 Å². The minimum atomic E-state index is -0.445. The quantitative estimate of drug-likeness (QED) is 0.403. The minimum Gasteiger partial charge on any atom is -0.441 e. The van der Waals surface area contributed by atoms with Crippen LogP contribution in [0, 0.1) is 17.2 Å². The summed E-state index contributed by atoms with van der Waals surface area (Å²) < 4.78 is 8.19. The van der Waals surface area contributed by atoms with Crippen LogP contribution in [0.1, 0.15) is 36.8 Å². The van der Waals surface area contributed by atoms with Crippen LogP contribution in [0.3, 0.4) is 0 Å². The Morgan fingerprint density at radius 1 is 1.14 bits per heavy atom. The van der Waals surface area contributed by atoms with Gasteiger partial charge >= 0.3 is 6.09 Å². The number of ether oxygens (including phenoxy) is 1. The largest absolute Gasteiger partial charge is 0.441 e. The van der Waals surface area contributed by atoms with Crippen LogP contribution in [-0.2, 0) is 17.8 Å². The molecule has 0 N–H and O–H groups in total. The Morgan fingerprint density at radius 2 is 2.03 bits per heavy atom. The fraction of sp³-hybridized carbons (Fsp3) is 0.321. The number of rotatable bonds is 5. The van der Waals surface area contributed by atoms with E-state index in [0.29, 0.717) is 24.6 Å². The zero-order valence-electron chi connectivity index (χ0n) is 19.9. The van der Waals surface area contributed by atoms with Crippen LogP contribution in [-0.4, -0.2) is 42.7 Å². The van der Waals surface area contributed by atoms with E-state index >= 15 is 0 Å². The number of fused-ring (bicyclic) bond motifs is 1. The van der Waals surface area contributed by atoms with Gasteiger partial charge in [0.2, 0.25) is 0 Å². The van der Waals surface area contributed by atoms with E-state index in [4.69, 9.17) is 4.74 Å². The fourth-order valence-electron chi connectivity index (χ4n) is 5.72. The monoisotopic (exact) mass is 478 g/mol. The predicted octanol–water partition coefficient (Wildman–Crippen LogP) is 4.95. The molecule has 1 aliphatic heterocycles. The van der Waals surface area contributed by atoms with E-state index in [2.05, 4.69) is 31.7 Å². The number of hydrogen-bond acceptors (Lipinski definition) is 6. The molecule has 4 aromatic rings. The van der Waals surface area contributed by atoms with Crippen molar-refractivity contribution < 1.29 is 9.53 Å². The summed E-state index contributed by atoms with van der Waals surface area (Å²) in [5.74, 6) is 0.371. The van der Waals surface area contributed by atoms with Crippen molar-refractivity contribution in [2.45, 2.75) is 44.4 Å². The molecule has 8 heteroatoms. The van der Waals surface area contributed by atoms with Gasteiger partial charge in [0.25, 0.3) is 0 Å². The molecule has 0 radical (unpaired) electrons. The van der Waals surface area contributed by atoms with Crippen LogP contribution in [0.2, 0.25) is 0 Å². The van der Waals surface area contributed by atoms with E-state index in [-0.39, 0.29) is 6.09 Å². The molecule has 36 heavy (non-hydrogen) atoms. The molecule has 1 spiro atoms.